The van der Waals surface area contributed by atoms with E-state index >= 15 is 0 Å². The van der Waals surface area contributed by atoms with E-state index < -0.39 is 0 Å². The number of thiocarbonyl (C=S) groups is 1. The predicted molar refractivity (Wildman–Crippen MR) is 144 cm³/mol. The van der Waals surface area contributed by atoms with Gasteiger partial charge < -0.3 is 14.8 Å². The van der Waals surface area contributed by atoms with Crippen LogP contribution in [0.3, 0.4) is 0 Å². The van der Waals surface area contributed by atoms with E-state index in [-0.39, 0.29) is 12.1 Å². The number of nitrogens with zero attached hydrogens (tertiary/aromatic N) is 3. The third kappa shape index (κ3) is 4.15. The van der Waals surface area contributed by atoms with Crippen molar-refractivity contribution in [1.29, 1.82) is 0 Å². The average molecular weight is 473 g/mol. The molecule has 0 amide bonds. The third-order valence-electron chi connectivity index (χ3n) is 7.72. The van der Waals surface area contributed by atoms with Gasteiger partial charge in [-0.25, -0.2) is 0 Å². The van der Waals surface area contributed by atoms with E-state index in [0.717, 1.165) is 16.5 Å². The molecule has 2 fully saturated rings. The first-order chi connectivity index (χ1) is 16.5. The zero-order valence-corrected chi connectivity index (χ0v) is 21.6. The smallest absolute Gasteiger partial charge is 0.174 e. The fourth-order valence-corrected chi connectivity index (χ4v) is 6.32. The van der Waals surface area contributed by atoms with Gasteiger partial charge in [-0.15, -0.1) is 0 Å². The van der Waals surface area contributed by atoms with Crippen molar-refractivity contribution in [2.75, 3.05) is 4.90 Å². The van der Waals surface area contributed by atoms with Crippen molar-refractivity contribution in [3.8, 4) is 0 Å². The van der Waals surface area contributed by atoms with E-state index in [9.17, 15) is 0 Å². The highest BCUT2D eigenvalue weighted by atomic mass is 32.1. The largest absolute Gasteiger partial charge is 0.351 e. The molecule has 34 heavy (non-hydrogen) atoms. The Morgan fingerprint density at radius 1 is 1.00 bits per heavy atom. The summed E-state index contributed by atoms with van der Waals surface area (Å²) in [4.78, 5) is 7.04. The minimum Gasteiger partial charge on any atom is -0.351 e. The molecule has 5 rings (SSSR count). The molecule has 2 aromatic heterocycles. The Morgan fingerprint density at radius 3 is 2.38 bits per heavy atom. The molecular weight excluding hydrogens is 436 g/mol. The Balaban J connectivity index is 1.61. The number of rotatable bonds is 5. The molecule has 5 heteroatoms. The van der Waals surface area contributed by atoms with Crippen molar-refractivity contribution in [2.24, 2.45) is 0 Å². The van der Waals surface area contributed by atoms with Crippen LogP contribution in [-0.4, -0.2) is 14.7 Å². The standard InChI is InChI=1S/C29H36N4S/c1-19(2)22-13-15-24(16-14-22)33-28(27(31-29(33)34)26-12-8-9-17-30-26)25-18-20(3)32(21(25)4)23-10-6-5-7-11-23/h8-9,12-19,23,27-28H,5-7,10-11H2,1-4H3,(H,31,34)/t27-,28+/m0/s1. The van der Waals surface area contributed by atoms with Crippen LogP contribution in [0.1, 0.15) is 98.2 Å². The maximum absolute atomic E-state index is 5.95. The molecule has 1 saturated heterocycles. The van der Waals surface area contributed by atoms with E-state index in [1.165, 1.54) is 54.6 Å². The van der Waals surface area contributed by atoms with Gasteiger partial charge in [0.15, 0.2) is 5.11 Å². The second-order valence-electron chi connectivity index (χ2n) is 10.2. The first-order valence-electron chi connectivity index (χ1n) is 12.7. The van der Waals surface area contributed by atoms with Gasteiger partial charge in [0.1, 0.15) is 0 Å². The van der Waals surface area contributed by atoms with Crippen LogP contribution in [0.2, 0.25) is 0 Å². The summed E-state index contributed by atoms with van der Waals surface area (Å²) in [6, 6.07) is 18.1. The molecule has 0 spiro atoms. The van der Waals surface area contributed by atoms with E-state index in [2.05, 4.69) is 84.9 Å². The lowest BCUT2D eigenvalue weighted by Crippen LogP contribution is -2.29. The summed E-state index contributed by atoms with van der Waals surface area (Å²) in [5.74, 6) is 0.504. The number of hydrogen-bond donors (Lipinski definition) is 1. The van der Waals surface area contributed by atoms with Crippen LogP contribution < -0.4 is 10.2 Å². The van der Waals surface area contributed by atoms with Crippen molar-refractivity contribution in [1.82, 2.24) is 14.9 Å². The predicted octanol–water partition coefficient (Wildman–Crippen LogP) is 7.31. The topological polar surface area (TPSA) is 33.1 Å². The summed E-state index contributed by atoms with van der Waals surface area (Å²) < 4.78 is 2.60. The summed E-state index contributed by atoms with van der Waals surface area (Å²) in [7, 11) is 0. The molecule has 2 atom stereocenters. The number of benzene rings is 1. The van der Waals surface area contributed by atoms with Crippen molar-refractivity contribution >= 4 is 23.0 Å². The molecule has 2 aliphatic rings. The molecule has 1 aliphatic heterocycles. The highest BCUT2D eigenvalue weighted by Crippen LogP contribution is 2.44. The molecule has 1 saturated carbocycles. The van der Waals surface area contributed by atoms with Gasteiger partial charge in [0.25, 0.3) is 0 Å². The Morgan fingerprint density at radius 2 is 1.74 bits per heavy atom. The molecule has 3 aromatic rings. The first kappa shape index (κ1) is 23.1. The molecule has 1 N–H and O–H groups in total. The third-order valence-corrected chi connectivity index (χ3v) is 8.03. The van der Waals surface area contributed by atoms with Crippen molar-refractivity contribution in [2.45, 2.75) is 83.8 Å². The molecule has 1 aromatic carbocycles. The number of pyridine rings is 1. The summed E-state index contributed by atoms with van der Waals surface area (Å²) in [6.45, 7) is 9.03. The molecule has 4 nitrogen and oxygen atoms in total. The number of hydrogen-bond acceptors (Lipinski definition) is 2. The van der Waals surface area contributed by atoms with Gasteiger partial charge in [0.2, 0.25) is 0 Å². The minimum absolute atomic E-state index is 0.00113. The number of anilines is 1. The van der Waals surface area contributed by atoms with E-state index in [1.807, 2.05) is 12.3 Å². The maximum Gasteiger partial charge on any atom is 0.174 e. The highest BCUT2D eigenvalue weighted by molar-refractivity contribution is 7.80. The van der Waals surface area contributed by atoms with Crippen molar-refractivity contribution in [3.63, 3.8) is 0 Å². The Hall–Kier alpha value is -2.66. The van der Waals surface area contributed by atoms with E-state index in [4.69, 9.17) is 17.2 Å². The molecule has 178 valence electrons. The van der Waals surface area contributed by atoms with Crippen LogP contribution in [0.5, 0.6) is 0 Å². The molecule has 1 aliphatic carbocycles. The number of aromatic nitrogens is 2. The van der Waals surface area contributed by atoms with Gasteiger partial charge >= 0.3 is 0 Å². The minimum atomic E-state index is -0.00113. The van der Waals surface area contributed by atoms with Gasteiger partial charge in [-0.1, -0.05) is 51.3 Å². The zero-order valence-electron chi connectivity index (χ0n) is 20.8. The lowest BCUT2D eigenvalue weighted by atomic mass is 9.94. The van der Waals surface area contributed by atoms with Gasteiger partial charge in [0.05, 0.1) is 17.8 Å². The summed E-state index contributed by atoms with van der Waals surface area (Å²) in [5, 5.41) is 4.39. The Kier molecular flexibility index (Phi) is 6.48. The van der Waals surface area contributed by atoms with Gasteiger partial charge in [-0.05, 0) is 86.3 Å². The van der Waals surface area contributed by atoms with E-state index in [0.29, 0.717) is 12.0 Å². The lowest BCUT2D eigenvalue weighted by Gasteiger charge is -2.30. The molecule has 0 radical (unpaired) electrons. The monoisotopic (exact) mass is 472 g/mol. The molecule has 3 heterocycles. The summed E-state index contributed by atoms with van der Waals surface area (Å²) >= 11 is 5.95. The lowest BCUT2D eigenvalue weighted by molar-refractivity contribution is 0.345. The molecular formula is C29H36N4S. The van der Waals surface area contributed by atoms with Crippen molar-refractivity contribution < 1.29 is 0 Å². The highest BCUT2D eigenvalue weighted by Gasteiger charge is 2.42. The normalized spacial score (nSPS) is 21.3. The summed E-state index contributed by atoms with van der Waals surface area (Å²) in [6.07, 6.45) is 8.46. The van der Waals surface area contributed by atoms with Gasteiger partial charge in [-0.3, -0.25) is 4.98 Å². The van der Waals surface area contributed by atoms with Gasteiger partial charge in [0, 0.05) is 29.3 Å². The zero-order chi connectivity index (χ0) is 23.8. The maximum atomic E-state index is 5.95. The molecule has 0 unspecified atom stereocenters. The second-order valence-corrected chi connectivity index (χ2v) is 10.6. The first-order valence-corrected chi connectivity index (χ1v) is 13.2. The van der Waals surface area contributed by atoms with Crippen LogP contribution >= 0.6 is 12.2 Å². The fraction of sp³-hybridized carbons (Fsp3) is 0.448. The quantitative estimate of drug-likeness (QED) is 0.395. The van der Waals surface area contributed by atoms with Crippen LogP contribution in [0, 0.1) is 13.8 Å². The average Bonchev–Trinajstić information content (AvgIpc) is 3.35. The van der Waals surface area contributed by atoms with Crippen LogP contribution in [0.4, 0.5) is 5.69 Å². The Labute approximate surface area is 209 Å². The van der Waals surface area contributed by atoms with Crippen LogP contribution in [0.15, 0.2) is 54.7 Å². The van der Waals surface area contributed by atoms with Crippen LogP contribution in [-0.2, 0) is 0 Å². The fourth-order valence-electron chi connectivity index (χ4n) is 5.97. The van der Waals surface area contributed by atoms with Gasteiger partial charge in [-0.2, -0.15) is 0 Å². The summed E-state index contributed by atoms with van der Waals surface area (Å²) in [5.41, 5.74) is 7.57. The second kappa shape index (κ2) is 9.53. The number of aryl methyl sites for hydroxylation is 1. The van der Waals surface area contributed by atoms with Crippen LogP contribution in [0.25, 0.3) is 0 Å². The molecule has 0 bridgehead atoms. The Bertz CT molecular complexity index is 1140. The number of nitrogens with one attached hydrogen (secondary N) is 1. The van der Waals surface area contributed by atoms with E-state index in [1.54, 1.807) is 0 Å². The SMILES string of the molecule is Cc1cc([C@@H]2[C@H](c3ccccn3)NC(=S)N2c2ccc(C(C)C)cc2)c(C)n1C1CCCCC1. The van der Waals surface area contributed by atoms with Crippen molar-refractivity contribution in [3.05, 3.63) is 82.9 Å².